The van der Waals surface area contributed by atoms with Gasteiger partial charge in [0.05, 0.1) is 0 Å². The summed E-state index contributed by atoms with van der Waals surface area (Å²) < 4.78 is 5.47. The van der Waals surface area contributed by atoms with Gasteiger partial charge in [0.15, 0.2) is 5.96 Å². The summed E-state index contributed by atoms with van der Waals surface area (Å²) in [6.45, 7) is 3.89. The van der Waals surface area contributed by atoms with Crippen molar-refractivity contribution in [2.45, 2.75) is 77.6 Å². The van der Waals surface area contributed by atoms with Crippen molar-refractivity contribution in [3.05, 3.63) is 35.7 Å². The van der Waals surface area contributed by atoms with Crippen LogP contribution in [0.15, 0.2) is 28.8 Å². The van der Waals surface area contributed by atoms with Crippen molar-refractivity contribution in [1.82, 2.24) is 15.0 Å². The van der Waals surface area contributed by atoms with E-state index in [1.54, 1.807) is 0 Å². The van der Waals surface area contributed by atoms with Gasteiger partial charge in [-0.15, -0.1) is 0 Å². The number of aryl methyl sites for hydroxylation is 1. The van der Waals surface area contributed by atoms with Gasteiger partial charge < -0.3 is 15.2 Å². The number of likely N-dealkylation sites (tertiary alicyclic amines) is 1. The lowest BCUT2D eigenvalue weighted by molar-refractivity contribution is 0.353. The maximum atomic E-state index is 7.54. The van der Waals surface area contributed by atoms with E-state index in [-0.39, 0.29) is 5.96 Å². The third-order valence-electron chi connectivity index (χ3n) is 6.09. The molecule has 0 bridgehead atoms. The lowest BCUT2D eigenvalue weighted by atomic mass is 10.0. The molecule has 0 spiro atoms. The van der Waals surface area contributed by atoms with Crippen molar-refractivity contribution >= 4 is 5.96 Å². The summed E-state index contributed by atoms with van der Waals surface area (Å²) in [5, 5.41) is 11.7. The van der Waals surface area contributed by atoms with Crippen LogP contribution in [0.2, 0.25) is 0 Å². The molecule has 164 valence electrons. The minimum atomic E-state index is 0.149. The van der Waals surface area contributed by atoms with Gasteiger partial charge in [-0.1, -0.05) is 81.3 Å². The second kappa shape index (κ2) is 11.7. The van der Waals surface area contributed by atoms with Gasteiger partial charge in [-0.3, -0.25) is 5.41 Å². The lowest BCUT2D eigenvalue weighted by Gasteiger charge is -2.14. The highest BCUT2D eigenvalue weighted by Gasteiger charge is 2.25. The minimum Gasteiger partial charge on any atom is -0.370 e. The normalized spacial score (nSPS) is 16.3. The number of nitrogens with one attached hydrogen (secondary N) is 1. The molecule has 6 heteroatoms. The van der Waals surface area contributed by atoms with E-state index in [0.717, 1.165) is 37.9 Å². The van der Waals surface area contributed by atoms with E-state index in [1.165, 1.54) is 56.9 Å². The minimum absolute atomic E-state index is 0.149. The van der Waals surface area contributed by atoms with Gasteiger partial charge in [-0.2, -0.15) is 4.98 Å². The Morgan fingerprint density at radius 2 is 1.80 bits per heavy atom. The fourth-order valence-corrected chi connectivity index (χ4v) is 4.20. The molecular formula is C24H37N5O. The molecule has 30 heavy (non-hydrogen) atoms. The maximum Gasteiger partial charge on any atom is 0.227 e. The first-order valence-corrected chi connectivity index (χ1v) is 11.7. The fraction of sp³-hybridized carbons (Fsp3) is 0.625. The SMILES string of the molecule is CCCCCCCCCCc1ccc(-c2noc(C[C@H]3CCN(C(=N)N)C3)n2)cc1. The summed E-state index contributed by atoms with van der Waals surface area (Å²) in [6.07, 6.45) is 13.7. The number of aromatic nitrogens is 2. The van der Waals surface area contributed by atoms with Gasteiger partial charge in [0.2, 0.25) is 11.7 Å². The summed E-state index contributed by atoms with van der Waals surface area (Å²) in [4.78, 5) is 6.48. The molecule has 1 fully saturated rings. The Labute approximate surface area is 180 Å². The molecular weight excluding hydrogens is 374 g/mol. The molecule has 6 nitrogen and oxygen atoms in total. The molecule has 1 aromatic heterocycles. The Bertz CT molecular complexity index is 770. The van der Waals surface area contributed by atoms with Crippen LogP contribution in [0.25, 0.3) is 11.4 Å². The van der Waals surface area contributed by atoms with E-state index in [0.29, 0.717) is 17.6 Å². The van der Waals surface area contributed by atoms with Crippen LogP contribution < -0.4 is 5.73 Å². The Morgan fingerprint density at radius 1 is 1.10 bits per heavy atom. The summed E-state index contributed by atoms with van der Waals surface area (Å²) in [5.74, 6) is 1.89. The average molecular weight is 412 g/mol. The number of hydrogen-bond acceptors (Lipinski definition) is 4. The number of guanidine groups is 1. The Morgan fingerprint density at radius 3 is 2.47 bits per heavy atom. The van der Waals surface area contributed by atoms with Crippen LogP contribution >= 0.6 is 0 Å². The third-order valence-corrected chi connectivity index (χ3v) is 6.09. The zero-order valence-electron chi connectivity index (χ0n) is 18.4. The summed E-state index contributed by atoms with van der Waals surface area (Å²) in [7, 11) is 0. The summed E-state index contributed by atoms with van der Waals surface area (Å²) >= 11 is 0. The molecule has 2 heterocycles. The highest BCUT2D eigenvalue weighted by molar-refractivity contribution is 5.74. The molecule has 0 amide bonds. The Balaban J connectivity index is 1.39. The number of unbranched alkanes of at least 4 members (excludes halogenated alkanes) is 7. The number of benzene rings is 1. The average Bonchev–Trinajstić information content (AvgIpc) is 3.41. The predicted molar refractivity (Wildman–Crippen MR) is 121 cm³/mol. The van der Waals surface area contributed by atoms with Gasteiger partial charge in [-0.05, 0) is 30.7 Å². The van der Waals surface area contributed by atoms with Crippen molar-refractivity contribution in [2.24, 2.45) is 11.7 Å². The Kier molecular flexibility index (Phi) is 8.72. The first kappa shape index (κ1) is 22.3. The monoisotopic (exact) mass is 411 g/mol. The first-order valence-electron chi connectivity index (χ1n) is 11.7. The lowest BCUT2D eigenvalue weighted by Crippen LogP contribution is -2.34. The van der Waals surface area contributed by atoms with E-state index in [2.05, 4.69) is 41.3 Å². The van der Waals surface area contributed by atoms with Crippen LogP contribution in [0.3, 0.4) is 0 Å². The molecule has 3 rings (SSSR count). The molecule has 1 aliphatic rings. The zero-order chi connectivity index (χ0) is 21.2. The largest absolute Gasteiger partial charge is 0.370 e. The molecule has 0 aliphatic carbocycles. The van der Waals surface area contributed by atoms with E-state index in [4.69, 9.17) is 15.7 Å². The number of hydrogen-bond donors (Lipinski definition) is 2. The molecule has 1 aromatic carbocycles. The van der Waals surface area contributed by atoms with E-state index >= 15 is 0 Å². The van der Waals surface area contributed by atoms with Crippen molar-refractivity contribution in [1.29, 1.82) is 5.41 Å². The molecule has 2 aromatic rings. The van der Waals surface area contributed by atoms with Crippen LogP contribution in [0.5, 0.6) is 0 Å². The first-order chi connectivity index (χ1) is 14.7. The summed E-state index contributed by atoms with van der Waals surface area (Å²) in [6, 6.07) is 8.58. The number of rotatable bonds is 12. The number of nitrogens with zero attached hydrogens (tertiary/aromatic N) is 3. The van der Waals surface area contributed by atoms with Gasteiger partial charge in [0.25, 0.3) is 0 Å². The molecule has 1 saturated heterocycles. The van der Waals surface area contributed by atoms with Crippen LogP contribution in [0, 0.1) is 11.3 Å². The van der Waals surface area contributed by atoms with Crippen molar-refractivity contribution in [2.75, 3.05) is 13.1 Å². The standard InChI is InChI=1S/C24H37N5O/c1-2-3-4-5-6-7-8-9-10-19-11-13-21(14-12-19)23-27-22(30-28-23)17-20-15-16-29(18-20)24(25)26/h11-14,20H,2-10,15-18H2,1H3,(H3,25,26)/t20-/m1/s1. The quantitative estimate of drug-likeness (QED) is 0.285. The molecule has 1 aliphatic heterocycles. The van der Waals surface area contributed by atoms with Gasteiger partial charge in [0, 0.05) is 25.1 Å². The highest BCUT2D eigenvalue weighted by atomic mass is 16.5. The van der Waals surface area contributed by atoms with Gasteiger partial charge in [0.1, 0.15) is 0 Å². The van der Waals surface area contributed by atoms with Crippen molar-refractivity contribution < 1.29 is 4.52 Å². The molecule has 1 atom stereocenters. The number of nitrogens with two attached hydrogens (primary N) is 1. The van der Waals surface area contributed by atoms with Crippen LogP contribution in [-0.4, -0.2) is 34.1 Å². The zero-order valence-corrected chi connectivity index (χ0v) is 18.4. The maximum absolute atomic E-state index is 7.54. The van der Waals surface area contributed by atoms with Crippen LogP contribution in [0.1, 0.15) is 76.2 Å². The van der Waals surface area contributed by atoms with E-state index < -0.39 is 0 Å². The highest BCUT2D eigenvalue weighted by Crippen LogP contribution is 2.22. The second-order valence-electron chi connectivity index (χ2n) is 8.62. The van der Waals surface area contributed by atoms with Crippen LogP contribution in [0.4, 0.5) is 0 Å². The van der Waals surface area contributed by atoms with Gasteiger partial charge >= 0.3 is 0 Å². The molecule has 0 unspecified atom stereocenters. The molecule has 0 radical (unpaired) electrons. The molecule has 3 N–H and O–H groups in total. The smallest absolute Gasteiger partial charge is 0.227 e. The fourth-order valence-electron chi connectivity index (χ4n) is 4.20. The molecule has 0 saturated carbocycles. The predicted octanol–water partition coefficient (Wildman–Crippen LogP) is 5.18. The third kappa shape index (κ3) is 6.85. The second-order valence-corrected chi connectivity index (χ2v) is 8.62. The Hall–Kier alpha value is -2.37. The van der Waals surface area contributed by atoms with E-state index in [9.17, 15) is 0 Å². The van der Waals surface area contributed by atoms with E-state index in [1.807, 2.05) is 4.90 Å². The van der Waals surface area contributed by atoms with Crippen molar-refractivity contribution in [3.8, 4) is 11.4 Å². The van der Waals surface area contributed by atoms with Crippen LogP contribution in [-0.2, 0) is 12.8 Å². The van der Waals surface area contributed by atoms with Gasteiger partial charge in [-0.25, -0.2) is 0 Å². The van der Waals surface area contributed by atoms with Crippen molar-refractivity contribution in [3.63, 3.8) is 0 Å². The summed E-state index contributed by atoms with van der Waals surface area (Å²) in [5.41, 5.74) is 7.95. The topological polar surface area (TPSA) is 92.0 Å².